The van der Waals surface area contributed by atoms with Gasteiger partial charge in [0.25, 0.3) is 5.91 Å². The molecule has 0 fully saturated rings. The summed E-state index contributed by atoms with van der Waals surface area (Å²) in [6.07, 6.45) is 0. The van der Waals surface area contributed by atoms with Crippen LogP contribution in [0, 0.1) is 17.0 Å². The van der Waals surface area contributed by atoms with Crippen molar-refractivity contribution in [3.8, 4) is 5.75 Å². The van der Waals surface area contributed by atoms with Crippen molar-refractivity contribution in [1.29, 1.82) is 0 Å². The average Bonchev–Trinajstić information content (AvgIpc) is 2.61. The molecule has 27 heavy (non-hydrogen) atoms. The number of para-hydroxylation sites is 1. The number of primary sulfonamides is 1. The van der Waals surface area contributed by atoms with Gasteiger partial charge < -0.3 is 9.64 Å². The molecule has 2 rings (SSSR count). The summed E-state index contributed by atoms with van der Waals surface area (Å²) in [6.45, 7) is 3.61. The van der Waals surface area contributed by atoms with E-state index < -0.39 is 38.0 Å². The Morgan fingerprint density at radius 1 is 1.26 bits per heavy atom. The monoisotopic (exact) mass is 393 g/mol. The first kappa shape index (κ1) is 20.3. The molecule has 0 aliphatic heterocycles. The molecule has 0 radical (unpaired) electrons. The quantitative estimate of drug-likeness (QED) is 0.565. The van der Waals surface area contributed by atoms with Crippen molar-refractivity contribution < 1.29 is 22.9 Å². The fourth-order valence-electron chi connectivity index (χ4n) is 2.50. The number of ether oxygens (including phenoxy) is 1. The standard InChI is InChI=1S/C17H19N3O6S/c1-3-19(14-7-5-4-6-12(14)2)17(21)11-26-16-9-8-13(27(18,24)25)10-15(16)20(22)23/h4-10H,3,11H2,1-2H3,(H2,18,24,25). The van der Waals surface area contributed by atoms with Crippen LogP contribution >= 0.6 is 0 Å². The van der Waals surface area contributed by atoms with E-state index in [9.17, 15) is 23.3 Å². The lowest BCUT2D eigenvalue weighted by atomic mass is 10.2. The van der Waals surface area contributed by atoms with Gasteiger partial charge in [0, 0.05) is 18.3 Å². The lowest BCUT2D eigenvalue weighted by Gasteiger charge is -2.23. The molecule has 10 heteroatoms. The summed E-state index contributed by atoms with van der Waals surface area (Å²) in [5.74, 6) is -0.613. The molecule has 0 atom stereocenters. The van der Waals surface area contributed by atoms with E-state index in [0.717, 1.165) is 23.8 Å². The summed E-state index contributed by atoms with van der Waals surface area (Å²) < 4.78 is 28.0. The maximum atomic E-state index is 12.5. The Kier molecular flexibility index (Phi) is 6.13. The maximum absolute atomic E-state index is 12.5. The summed E-state index contributed by atoms with van der Waals surface area (Å²) in [5, 5.41) is 16.2. The van der Waals surface area contributed by atoms with Crippen LogP contribution in [-0.4, -0.2) is 32.4 Å². The first-order chi connectivity index (χ1) is 12.6. The van der Waals surface area contributed by atoms with Crippen molar-refractivity contribution in [1.82, 2.24) is 0 Å². The van der Waals surface area contributed by atoms with Gasteiger partial charge >= 0.3 is 5.69 Å². The Hall–Kier alpha value is -2.98. The molecule has 0 aliphatic carbocycles. The summed E-state index contributed by atoms with van der Waals surface area (Å²) >= 11 is 0. The van der Waals surface area contributed by atoms with Gasteiger partial charge in [-0.25, -0.2) is 13.6 Å². The number of nitro groups is 1. The summed E-state index contributed by atoms with van der Waals surface area (Å²) in [6, 6.07) is 10.3. The summed E-state index contributed by atoms with van der Waals surface area (Å²) in [4.78, 5) is 24.0. The zero-order valence-electron chi connectivity index (χ0n) is 14.8. The molecule has 0 unspecified atom stereocenters. The molecule has 0 spiro atoms. The van der Waals surface area contributed by atoms with Crippen molar-refractivity contribution in [3.63, 3.8) is 0 Å². The number of carbonyl (C=O) groups is 1. The van der Waals surface area contributed by atoms with E-state index in [1.54, 1.807) is 19.1 Å². The minimum absolute atomic E-state index is 0.221. The molecule has 2 aromatic carbocycles. The molecule has 2 N–H and O–H groups in total. The van der Waals surface area contributed by atoms with Crippen LogP contribution in [0.3, 0.4) is 0 Å². The third kappa shape index (κ3) is 4.80. The van der Waals surface area contributed by atoms with Gasteiger partial charge in [-0.15, -0.1) is 0 Å². The lowest BCUT2D eigenvalue weighted by molar-refractivity contribution is -0.386. The normalized spacial score (nSPS) is 11.1. The number of anilines is 1. The number of nitrogens with zero attached hydrogens (tertiary/aromatic N) is 2. The highest BCUT2D eigenvalue weighted by molar-refractivity contribution is 7.89. The zero-order valence-corrected chi connectivity index (χ0v) is 15.6. The van der Waals surface area contributed by atoms with Gasteiger partial charge in [-0.1, -0.05) is 18.2 Å². The predicted molar refractivity (Wildman–Crippen MR) is 99.2 cm³/mol. The Balaban J connectivity index is 2.23. The van der Waals surface area contributed by atoms with E-state index in [1.807, 2.05) is 19.1 Å². The van der Waals surface area contributed by atoms with Crippen LogP contribution in [0.5, 0.6) is 5.75 Å². The van der Waals surface area contributed by atoms with Crippen molar-refractivity contribution in [3.05, 3.63) is 58.1 Å². The second-order valence-corrected chi connectivity index (χ2v) is 7.21. The second-order valence-electron chi connectivity index (χ2n) is 5.64. The van der Waals surface area contributed by atoms with Gasteiger partial charge in [0.05, 0.1) is 9.82 Å². The molecule has 2 aromatic rings. The van der Waals surface area contributed by atoms with Crippen LogP contribution in [0.15, 0.2) is 47.4 Å². The molecule has 0 saturated carbocycles. The number of nitrogens with two attached hydrogens (primary N) is 1. The number of hydrogen-bond acceptors (Lipinski definition) is 6. The molecular weight excluding hydrogens is 374 g/mol. The first-order valence-electron chi connectivity index (χ1n) is 7.95. The number of likely N-dealkylation sites (N-methyl/N-ethyl adjacent to an activating group) is 1. The summed E-state index contributed by atoms with van der Waals surface area (Å²) in [7, 11) is -4.10. The van der Waals surface area contributed by atoms with E-state index in [1.165, 1.54) is 4.90 Å². The van der Waals surface area contributed by atoms with Gasteiger partial charge in [-0.2, -0.15) is 0 Å². The molecule has 0 saturated heterocycles. The van der Waals surface area contributed by atoms with Gasteiger partial charge in [-0.05, 0) is 37.6 Å². The van der Waals surface area contributed by atoms with Crippen LogP contribution in [0.4, 0.5) is 11.4 Å². The van der Waals surface area contributed by atoms with Crippen molar-refractivity contribution in [2.75, 3.05) is 18.1 Å². The average molecular weight is 393 g/mol. The van der Waals surface area contributed by atoms with E-state index in [-0.39, 0.29) is 5.75 Å². The molecule has 0 heterocycles. The van der Waals surface area contributed by atoms with Crippen molar-refractivity contribution in [2.24, 2.45) is 5.14 Å². The molecule has 9 nitrogen and oxygen atoms in total. The van der Waals surface area contributed by atoms with Crippen molar-refractivity contribution >= 4 is 27.3 Å². The summed E-state index contributed by atoms with van der Waals surface area (Å²) in [5.41, 5.74) is 1.03. The van der Waals surface area contributed by atoms with E-state index in [4.69, 9.17) is 9.88 Å². The van der Waals surface area contributed by atoms with E-state index in [2.05, 4.69) is 0 Å². The van der Waals surface area contributed by atoms with Crippen LogP contribution in [0.1, 0.15) is 12.5 Å². The zero-order chi connectivity index (χ0) is 20.2. The lowest BCUT2D eigenvalue weighted by Crippen LogP contribution is -2.35. The number of carbonyl (C=O) groups excluding carboxylic acids is 1. The largest absolute Gasteiger partial charge is 0.477 e. The number of aryl methyl sites for hydroxylation is 1. The number of hydrogen-bond donors (Lipinski definition) is 1. The molecule has 144 valence electrons. The predicted octanol–water partition coefficient (Wildman–Crippen LogP) is 1.98. The second kappa shape index (κ2) is 8.14. The SMILES string of the molecule is CCN(C(=O)COc1ccc(S(N)(=O)=O)cc1[N+](=O)[O-])c1ccccc1C. The van der Waals surface area contributed by atoms with Gasteiger partial charge in [-0.3, -0.25) is 14.9 Å². The molecular formula is C17H19N3O6S. The maximum Gasteiger partial charge on any atom is 0.312 e. The molecule has 1 amide bonds. The molecule has 0 aromatic heterocycles. The Morgan fingerprint density at radius 2 is 1.93 bits per heavy atom. The van der Waals surface area contributed by atoms with Gasteiger partial charge in [0.1, 0.15) is 0 Å². The van der Waals surface area contributed by atoms with Crippen LogP contribution in [0.25, 0.3) is 0 Å². The minimum Gasteiger partial charge on any atom is -0.477 e. The highest BCUT2D eigenvalue weighted by Gasteiger charge is 2.22. The van der Waals surface area contributed by atoms with E-state index in [0.29, 0.717) is 12.2 Å². The third-order valence-electron chi connectivity index (χ3n) is 3.83. The van der Waals surface area contributed by atoms with Gasteiger partial charge in [0.2, 0.25) is 10.0 Å². The smallest absolute Gasteiger partial charge is 0.312 e. The fourth-order valence-corrected chi connectivity index (χ4v) is 3.04. The molecule has 0 aliphatic rings. The minimum atomic E-state index is -4.10. The van der Waals surface area contributed by atoms with Crippen LogP contribution in [-0.2, 0) is 14.8 Å². The van der Waals surface area contributed by atoms with E-state index >= 15 is 0 Å². The number of amides is 1. The third-order valence-corrected chi connectivity index (χ3v) is 4.74. The first-order valence-corrected chi connectivity index (χ1v) is 9.49. The number of sulfonamides is 1. The number of benzene rings is 2. The topological polar surface area (TPSA) is 133 Å². The number of rotatable bonds is 7. The van der Waals surface area contributed by atoms with Gasteiger partial charge in [0.15, 0.2) is 12.4 Å². The van der Waals surface area contributed by atoms with Crippen molar-refractivity contribution in [2.45, 2.75) is 18.7 Å². The van der Waals surface area contributed by atoms with Crippen LogP contribution < -0.4 is 14.8 Å². The number of nitro benzene ring substituents is 1. The fraction of sp³-hybridized carbons (Fsp3) is 0.235. The Morgan fingerprint density at radius 3 is 2.48 bits per heavy atom. The Bertz CT molecular complexity index is 974. The molecule has 0 bridgehead atoms. The van der Waals surface area contributed by atoms with Crippen LogP contribution in [0.2, 0.25) is 0 Å². The Labute approximate surface area is 156 Å². The highest BCUT2D eigenvalue weighted by atomic mass is 32.2. The highest BCUT2D eigenvalue weighted by Crippen LogP contribution is 2.29.